The lowest BCUT2D eigenvalue weighted by molar-refractivity contribution is 0.457. The fourth-order valence-corrected chi connectivity index (χ4v) is 1.61. The first kappa shape index (κ1) is 6.88. The predicted molar refractivity (Wildman–Crippen MR) is 46.6 cm³/mol. The molecular formula is C9H9N3O. The zero-order valence-electron chi connectivity index (χ0n) is 7.01. The molecule has 0 aliphatic heterocycles. The van der Waals surface area contributed by atoms with Gasteiger partial charge in [-0.05, 0) is 24.8 Å². The Hall–Kier alpha value is -1.58. The zero-order chi connectivity index (χ0) is 8.84. The number of aromatic hydroxyl groups is 1. The van der Waals surface area contributed by atoms with Crippen LogP contribution in [0.1, 0.15) is 24.5 Å². The molecule has 1 aliphatic carbocycles. The van der Waals surface area contributed by atoms with Gasteiger partial charge in [-0.3, -0.25) is 4.40 Å². The lowest BCUT2D eigenvalue weighted by Gasteiger charge is -2.00. The maximum Gasteiger partial charge on any atom is 0.237 e. The van der Waals surface area contributed by atoms with E-state index in [0.29, 0.717) is 11.7 Å². The fourth-order valence-electron chi connectivity index (χ4n) is 1.61. The van der Waals surface area contributed by atoms with Crippen molar-refractivity contribution in [3.05, 3.63) is 24.2 Å². The summed E-state index contributed by atoms with van der Waals surface area (Å²) in [5.74, 6) is 1.27. The molecule has 0 radical (unpaired) electrons. The molecule has 0 atom stereocenters. The summed E-state index contributed by atoms with van der Waals surface area (Å²) in [7, 11) is 0. The number of rotatable bonds is 1. The van der Waals surface area contributed by atoms with Gasteiger partial charge in [-0.1, -0.05) is 0 Å². The minimum absolute atomic E-state index is 0.0422. The van der Waals surface area contributed by atoms with E-state index in [-0.39, 0.29) is 5.88 Å². The van der Waals surface area contributed by atoms with Gasteiger partial charge >= 0.3 is 0 Å². The van der Waals surface area contributed by atoms with Crippen molar-refractivity contribution >= 4 is 5.78 Å². The highest BCUT2D eigenvalue weighted by molar-refractivity contribution is 5.36. The molecule has 2 aromatic rings. The van der Waals surface area contributed by atoms with E-state index in [1.165, 1.54) is 18.5 Å². The smallest absolute Gasteiger partial charge is 0.237 e. The largest absolute Gasteiger partial charge is 0.492 e. The van der Waals surface area contributed by atoms with E-state index in [0.717, 1.165) is 0 Å². The Morgan fingerprint density at radius 1 is 1.46 bits per heavy atom. The van der Waals surface area contributed by atoms with E-state index in [1.807, 2.05) is 10.5 Å². The van der Waals surface area contributed by atoms with Gasteiger partial charge in [0.1, 0.15) is 0 Å². The standard InChI is InChI=1S/C9H9N3O/c13-8-5-12-7(6-1-2-6)3-4-10-9(12)11-8/h3-6,13H,1-2H2. The normalized spacial score (nSPS) is 16.6. The number of hydrogen-bond donors (Lipinski definition) is 1. The summed E-state index contributed by atoms with van der Waals surface area (Å²) >= 11 is 0. The molecule has 0 bridgehead atoms. The van der Waals surface area contributed by atoms with Crippen molar-refractivity contribution in [3.8, 4) is 5.88 Å². The Morgan fingerprint density at radius 3 is 3.08 bits per heavy atom. The van der Waals surface area contributed by atoms with Crippen molar-refractivity contribution in [2.75, 3.05) is 0 Å². The van der Waals surface area contributed by atoms with Gasteiger partial charge in [0.05, 0.1) is 6.20 Å². The number of aromatic nitrogens is 3. The van der Waals surface area contributed by atoms with Gasteiger partial charge in [0.15, 0.2) is 0 Å². The third kappa shape index (κ3) is 0.983. The minimum Gasteiger partial charge on any atom is -0.492 e. The molecule has 0 spiro atoms. The molecule has 3 rings (SSSR count). The van der Waals surface area contributed by atoms with Gasteiger partial charge in [-0.2, -0.15) is 4.98 Å². The zero-order valence-corrected chi connectivity index (χ0v) is 7.01. The average molecular weight is 175 g/mol. The molecule has 1 N–H and O–H groups in total. The van der Waals surface area contributed by atoms with Crippen LogP contribution in [0.4, 0.5) is 0 Å². The molecule has 1 saturated carbocycles. The SMILES string of the molecule is Oc1cn2c(C3CC3)ccnc2n1. The van der Waals surface area contributed by atoms with Crippen molar-refractivity contribution < 1.29 is 5.11 Å². The van der Waals surface area contributed by atoms with E-state index in [9.17, 15) is 5.11 Å². The second-order valence-electron chi connectivity index (χ2n) is 3.41. The Kier molecular flexibility index (Phi) is 1.17. The first-order valence-electron chi connectivity index (χ1n) is 4.37. The Bertz CT molecular complexity index is 459. The predicted octanol–water partition coefficient (Wildman–Crippen LogP) is 1.31. The summed E-state index contributed by atoms with van der Waals surface area (Å²) < 4.78 is 1.87. The Morgan fingerprint density at radius 2 is 2.31 bits per heavy atom. The number of fused-ring (bicyclic) bond motifs is 1. The first-order valence-corrected chi connectivity index (χ1v) is 4.37. The Balaban J connectivity index is 2.31. The van der Waals surface area contributed by atoms with Gasteiger partial charge in [0.2, 0.25) is 11.7 Å². The van der Waals surface area contributed by atoms with Crippen molar-refractivity contribution in [2.24, 2.45) is 0 Å². The molecule has 0 amide bonds. The summed E-state index contributed by atoms with van der Waals surface area (Å²) in [5, 5.41) is 9.21. The summed E-state index contributed by atoms with van der Waals surface area (Å²) in [6, 6.07) is 1.99. The van der Waals surface area contributed by atoms with Gasteiger partial charge in [-0.15, -0.1) is 0 Å². The molecule has 0 saturated heterocycles. The molecule has 0 unspecified atom stereocenters. The number of imidazole rings is 1. The van der Waals surface area contributed by atoms with Crippen LogP contribution in [0.2, 0.25) is 0 Å². The van der Waals surface area contributed by atoms with Gasteiger partial charge in [0, 0.05) is 11.9 Å². The van der Waals surface area contributed by atoms with Crippen LogP contribution < -0.4 is 0 Å². The highest BCUT2D eigenvalue weighted by Crippen LogP contribution is 2.39. The monoisotopic (exact) mass is 175 g/mol. The van der Waals surface area contributed by atoms with E-state index < -0.39 is 0 Å². The quantitative estimate of drug-likeness (QED) is 0.711. The molecule has 2 aromatic heterocycles. The van der Waals surface area contributed by atoms with Crippen LogP contribution in [-0.2, 0) is 0 Å². The van der Waals surface area contributed by atoms with Crippen molar-refractivity contribution in [2.45, 2.75) is 18.8 Å². The number of hydrogen-bond acceptors (Lipinski definition) is 3. The van der Waals surface area contributed by atoms with Crippen LogP contribution in [0.25, 0.3) is 5.78 Å². The molecule has 0 aromatic carbocycles. The average Bonchev–Trinajstić information content (AvgIpc) is 2.86. The van der Waals surface area contributed by atoms with Gasteiger partial charge in [-0.25, -0.2) is 4.98 Å². The van der Waals surface area contributed by atoms with Crippen LogP contribution in [0.15, 0.2) is 18.5 Å². The molecule has 4 heteroatoms. The van der Waals surface area contributed by atoms with Crippen LogP contribution in [0, 0.1) is 0 Å². The van der Waals surface area contributed by atoms with Gasteiger partial charge in [0.25, 0.3) is 0 Å². The van der Waals surface area contributed by atoms with E-state index in [4.69, 9.17) is 0 Å². The molecule has 1 aliphatic rings. The highest BCUT2D eigenvalue weighted by Gasteiger charge is 2.26. The third-order valence-electron chi connectivity index (χ3n) is 2.38. The maximum atomic E-state index is 9.21. The molecule has 1 fully saturated rings. The second kappa shape index (κ2) is 2.22. The second-order valence-corrected chi connectivity index (χ2v) is 3.41. The van der Waals surface area contributed by atoms with Crippen LogP contribution in [-0.4, -0.2) is 19.5 Å². The van der Waals surface area contributed by atoms with Crippen molar-refractivity contribution in [3.63, 3.8) is 0 Å². The summed E-state index contributed by atoms with van der Waals surface area (Å²) in [4.78, 5) is 7.96. The number of nitrogens with zero attached hydrogens (tertiary/aromatic N) is 3. The summed E-state index contributed by atoms with van der Waals surface area (Å²) in [5.41, 5.74) is 1.21. The molecule has 66 valence electrons. The molecule has 4 nitrogen and oxygen atoms in total. The lowest BCUT2D eigenvalue weighted by atomic mass is 10.3. The maximum absolute atomic E-state index is 9.21. The molecule has 2 heterocycles. The van der Waals surface area contributed by atoms with Crippen LogP contribution in [0.3, 0.4) is 0 Å². The topological polar surface area (TPSA) is 50.4 Å². The molecule has 13 heavy (non-hydrogen) atoms. The minimum atomic E-state index is 0.0422. The summed E-state index contributed by atoms with van der Waals surface area (Å²) in [6.07, 6.45) is 5.83. The van der Waals surface area contributed by atoms with Crippen LogP contribution >= 0.6 is 0 Å². The first-order chi connectivity index (χ1) is 6.34. The summed E-state index contributed by atoms with van der Waals surface area (Å²) in [6.45, 7) is 0. The fraction of sp³-hybridized carbons (Fsp3) is 0.333. The van der Waals surface area contributed by atoms with E-state index in [1.54, 1.807) is 12.4 Å². The lowest BCUT2D eigenvalue weighted by Crippen LogP contribution is -1.94. The van der Waals surface area contributed by atoms with Crippen LogP contribution in [0.5, 0.6) is 5.88 Å². The van der Waals surface area contributed by atoms with Crippen molar-refractivity contribution in [1.82, 2.24) is 14.4 Å². The van der Waals surface area contributed by atoms with E-state index >= 15 is 0 Å². The highest BCUT2D eigenvalue weighted by atomic mass is 16.3. The van der Waals surface area contributed by atoms with Gasteiger partial charge < -0.3 is 5.11 Å². The van der Waals surface area contributed by atoms with Crippen molar-refractivity contribution in [1.29, 1.82) is 0 Å². The van der Waals surface area contributed by atoms with E-state index in [2.05, 4.69) is 9.97 Å². The Labute approximate surface area is 74.9 Å². The third-order valence-corrected chi connectivity index (χ3v) is 2.38. The molecular weight excluding hydrogens is 166 g/mol.